The highest BCUT2D eigenvalue weighted by Crippen LogP contribution is 2.49. The largest absolute Gasteiger partial charge is 0.308 e. The van der Waals surface area contributed by atoms with Crippen LogP contribution in [-0.2, 0) is 0 Å². The summed E-state index contributed by atoms with van der Waals surface area (Å²) in [7, 11) is 0. The summed E-state index contributed by atoms with van der Waals surface area (Å²) >= 11 is 0. The Morgan fingerprint density at radius 3 is 0.676 bits per heavy atom. The minimum Gasteiger partial charge on any atom is -0.308 e. The van der Waals surface area contributed by atoms with E-state index in [4.69, 9.17) is 0 Å². The van der Waals surface area contributed by atoms with Crippen molar-refractivity contribution in [2.45, 2.75) is 69.2 Å². The van der Waals surface area contributed by atoms with E-state index in [1.54, 1.807) is 18.2 Å². The van der Waals surface area contributed by atoms with Gasteiger partial charge in [0.05, 0.1) is 101 Å². The second-order valence-electron chi connectivity index (χ2n) is 39.4. The van der Waals surface area contributed by atoms with Crippen molar-refractivity contribution in [3.05, 3.63) is 514 Å². The second kappa shape index (κ2) is 36.9. The lowest BCUT2D eigenvalue weighted by Gasteiger charge is -2.19. The summed E-state index contributed by atoms with van der Waals surface area (Å²) < 4.78 is 6.49. The van der Waals surface area contributed by atoms with E-state index in [1.807, 2.05) is 212 Å². The zero-order valence-electron chi connectivity index (χ0n) is 83.5. The van der Waals surface area contributed by atoms with E-state index in [2.05, 4.69) is 277 Å². The maximum absolute atomic E-state index is 14.8. The molecule has 12 heteroatoms. The number of hydrogen-bond acceptors (Lipinski definition) is 6. The van der Waals surface area contributed by atoms with Crippen LogP contribution >= 0.6 is 0 Å². The fraction of sp³-hybridized carbons (Fsp3) is 0.0735. The number of hydrogen-bond donors (Lipinski definition) is 0. The average molecular weight is 1910 g/mol. The van der Waals surface area contributed by atoms with Gasteiger partial charge in [-0.3, -0.25) is 28.8 Å². The quantitative estimate of drug-likeness (QED) is 0.0998. The first-order valence-corrected chi connectivity index (χ1v) is 50.2. The number of benzene rings is 20. The maximum Gasteiger partial charge on any atom is 0.268 e. The molecular weight excluding hydrogens is 1810 g/mol. The Hall–Kier alpha value is -18.8. The van der Waals surface area contributed by atoms with Gasteiger partial charge in [0, 0.05) is 49.0 Å². The molecule has 0 bridgehead atoms. The molecule has 23 aromatic rings. The van der Waals surface area contributed by atoms with E-state index < -0.39 is 0 Å². The standard InChI is InChI=1S/2C48H36N2O2.C40H28N2O2/c1-29-17-21-36(31(3)25-29)34-19-23-39-40-24-20-35(37-22-18-30(2)26-32(37)4)28-45(40)49(44(39)27-34)43-16-10-14-41-46(43)48(52)50(47(41)51)42-15-9-8-13-38(42)33-11-6-5-7-12-33;1-29-17-21-36(31(3)25-29)34-19-23-43-40(27-34)41-28-35(37-22-18-30(2)26-32(37)4)20-24-44(41)49(43)45-16-10-14-39-46(45)48(52)50(47(39)51)42-15-9-8-13-38(42)33-11-6-5-7-12-33;1-25-19-21-29(26(2)23-25)28-20-22-36-33(24-28)31-14-7-9-17-35(31)41(36)37-18-10-15-32-38(37)40(44)42(39(32)43)34-16-8-6-13-30(34)27-11-4-3-5-12-27/h2*5-28H,1-4H3;3-24H,1-2H3. The predicted molar refractivity (Wildman–Crippen MR) is 606 cm³/mol. The Morgan fingerprint density at radius 1 is 0.142 bits per heavy atom. The molecular formula is C136H100N6O6. The lowest BCUT2D eigenvalue weighted by molar-refractivity contribution is 0.0910. The highest BCUT2D eigenvalue weighted by molar-refractivity contribution is 6.39. The summed E-state index contributed by atoms with van der Waals surface area (Å²) in [6.07, 6.45) is 0. The van der Waals surface area contributed by atoms with Gasteiger partial charge in [-0.05, 0) is 279 Å². The van der Waals surface area contributed by atoms with Crippen LogP contribution < -0.4 is 14.7 Å². The van der Waals surface area contributed by atoms with E-state index >= 15 is 0 Å². The van der Waals surface area contributed by atoms with Crippen LogP contribution in [0.15, 0.2) is 425 Å². The number of aromatic nitrogens is 3. The highest BCUT2D eigenvalue weighted by Gasteiger charge is 2.44. The zero-order valence-corrected chi connectivity index (χ0v) is 83.5. The summed E-state index contributed by atoms with van der Waals surface area (Å²) in [6, 6.07) is 143. The first-order chi connectivity index (χ1) is 72.1. The van der Waals surface area contributed by atoms with Gasteiger partial charge in [0.2, 0.25) is 0 Å². The van der Waals surface area contributed by atoms with Gasteiger partial charge in [0.1, 0.15) is 0 Å². The van der Waals surface area contributed by atoms with Crippen LogP contribution in [0.4, 0.5) is 17.1 Å². The van der Waals surface area contributed by atoms with E-state index in [1.165, 1.54) is 87.0 Å². The van der Waals surface area contributed by atoms with E-state index in [9.17, 15) is 28.8 Å². The van der Waals surface area contributed by atoms with Crippen LogP contribution in [-0.4, -0.2) is 49.1 Å². The third-order valence-electron chi connectivity index (χ3n) is 29.8. The molecule has 26 rings (SSSR count). The number of fused-ring (bicyclic) bond motifs is 12. The zero-order chi connectivity index (χ0) is 101. The monoisotopic (exact) mass is 1910 g/mol. The van der Waals surface area contributed by atoms with Crippen molar-refractivity contribution in [3.8, 4) is 106 Å². The number of imide groups is 3. The number of para-hydroxylation sites is 4. The van der Waals surface area contributed by atoms with Crippen LogP contribution in [0.2, 0.25) is 0 Å². The second-order valence-corrected chi connectivity index (χ2v) is 39.4. The molecule has 12 nitrogen and oxygen atoms in total. The van der Waals surface area contributed by atoms with Crippen molar-refractivity contribution in [3.63, 3.8) is 0 Å². The molecule has 0 saturated heterocycles. The van der Waals surface area contributed by atoms with E-state index in [-0.39, 0.29) is 35.4 Å². The fourth-order valence-electron chi connectivity index (χ4n) is 22.9. The topological polar surface area (TPSA) is 127 Å². The molecule has 3 aliphatic rings. The minimum absolute atomic E-state index is 0.312. The molecule has 0 spiro atoms. The van der Waals surface area contributed by atoms with Gasteiger partial charge in [-0.15, -0.1) is 0 Å². The number of nitrogens with zero attached hydrogens (tertiary/aromatic N) is 6. The first kappa shape index (κ1) is 91.7. The van der Waals surface area contributed by atoms with Crippen LogP contribution in [0.3, 0.4) is 0 Å². The first-order valence-electron chi connectivity index (χ1n) is 50.2. The number of rotatable bonds is 14. The molecule has 0 saturated carbocycles. The van der Waals surface area contributed by atoms with Gasteiger partial charge >= 0.3 is 0 Å². The third kappa shape index (κ3) is 15.5. The Kier molecular flexibility index (Phi) is 22.8. The van der Waals surface area contributed by atoms with E-state index in [0.29, 0.717) is 67.5 Å². The van der Waals surface area contributed by atoms with Gasteiger partial charge in [-0.1, -0.05) is 343 Å². The predicted octanol–water partition coefficient (Wildman–Crippen LogP) is 33.2. The number of amides is 6. The molecule has 0 fully saturated rings. The molecule has 0 N–H and O–H groups in total. The van der Waals surface area contributed by atoms with Gasteiger partial charge in [-0.2, -0.15) is 0 Å². The van der Waals surface area contributed by atoms with Gasteiger partial charge in [0.15, 0.2) is 0 Å². The fourth-order valence-corrected chi connectivity index (χ4v) is 22.9. The molecule has 0 unspecified atom stereocenters. The van der Waals surface area contributed by atoms with Crippen molar-refractivity contribution in [1.29, 1.82) is 0 Å². The van der Waals surface area contributed by atoms with Crippen LogP contribution in [0.25, 0.3) is 171 Å². The number of carbonyl (C=O) groups excluding carboxylic acids is 6. The van der Waals surface area contributed by atoms with E-state index in [0.717, 1.165) is 138 Å². The molecule has 0 atom stereocenters. The summed E-state index contributed by atoms with van der Waals surface area (Å²) in [6.45, 7) is 21.3. The van der Waals surface area contributed by atoms with Crippen molar-refractivity contribution in [1.82, 2.24) is 13.7 Å². The van der Waals surface area contributed by atoms with Crippen molar-refractivity contribution in [2.24, 2.45) is 0 Å². The van der Waals surface area contributed by atoms with Gasteiger partial charge in [-0.25, -0.2) is 14.7 Å². The minimum atomic E-state index is -0.329. The molecule has 20 aromatic carbocycles. The lowest BCUT2D eigenvalue weighted by atomic mass is 9.95. The number of anilines is 3. The Balaban J connectivity index is 0.000000119. The van der Waals surface area contributed by atoms with Crippen molar-refractivity contribution >= 4 is 118 Å². The SMILES string of the molecule is Cc1ccc(-c2ccc3c(c2)c2cc(-c4ccc(C)cc4C)ccc2n3-c2cccc3c2C(=O)N(c2ccccc2-c2ccccc2)C3=O)c(C)c1.Cc1ccc(-c2ccc3c(c2)c2ccccc2n3-c2cccc3c2C(=O)N(c2ccccc2-c2ccccc2)C3=O)c(C)c1.Cc1ccc(-c2ccc3c4ccc(-c5ccc(C)cc5C)cc4n(-c4cccc5c4C(=O)N(c4ccccc4-c4ccccc4)C5=O)c3c2)c(C)c1. The average Bonchev–Trinajstić information content (AvgIpc) is 1.57. The Bertz CT molecular complexity index is 9350. The number of carbonyl (C=O) groups is 6. The number of aryl methyl sites for hydroxylation is 10. The molecule has 6 amide bonds. The van der Waals surface area contributed by atoms with Crippen molar-refractivity contribution in [2.75, 3.05) is 14.7 Å². The lowest BCUT2D eigenvalue weighted by Crippen LogP contribution is -2.30. The van der Waals surface area contributed by atoms with Crippen LogP contribution in [0.5, 0.6) is 0 Å². The summed E-state index contributed by atoms with van der Waals surface area (Å²) in [5.41, 5.74) is 41.1. The molecule has 148 heavy (non-hydrogen) atoms. The summed E-state index contributed by atoms with van der Waals surface area (Å²) in [5.74, 6) is -1.93. The van der Waals surface area contributed by atoms with Gasteiger partial charge < -0.3 is 13.7 Å². The Labute approximate surface area is 858 Å². The maximum atomic E-state index is 14.8. The van der Waals surface area contributed by atoms with Crippen molar-refractivity contribution < 1.29 is 28.8 Å². The van der Waals surface area contributed by atoms with Crippen LogP contribution in [0, 0.1) is 69.2 Å². The van der Waals surface area contributed by atoms with Gasteiger partial charge in [0.25, 0.3) is 35.4 Å². The molecule has 6 heterocycles. The molecule has 0 radical (unpaired) electrons. The highest BCUT2D eigenvalue weighted by atomic mass is 16.2. The molecule has 3 aliphatic heterocycles. The summed E-state index contributed by atoms with van der Waals surface area (Å²) in [4.78, 5) is 90.5. The molecule has 3 aromatic heterocycles. The molecule has 710 valence electrons. The molecule has 0 aliphatic carbocycles. The van der Waals surface area contributed by atoms with Crippen LogP contribution in [0.1, 0.15) is 118 Å². The normalized spacial score (nSPS) is 12.7. The third-order valence-corrected chi connectivity index (χ3v) is 29.8. The summed E-state index contributed by atoms with van der Waals surface area (Å²) in [5, 5.41) is 6.51. The Morgan fingerprint density at radius 2 is 0.372 bits per heavy atom. The smallest absolute Gasteiger partial charge is 0.268 e.